The Hall–Kier alpha value is -2.74. The van der Waals surface area contributed by atoms with Gasteiger partial charge in [0.1, 0.15) is 18.1 Å². The van der Waals surface area contributed by atoms with E-state index in [9.17, 15) is 13.2 Å². The minimum absolute atomic E-state index is 0.379. The summed E-state index contributed by atoms with van der Waals surface area (Å²) >= 11 is 0. The number of fused-ring (bicyclic) bond motifs is 1. The number of benzene rings is 1. The van der Waals surface area contributed by atoms with Gasteiger partial charge in [-0.1, -0.05) is 6.08 Å². The van der Waals surface area contributed by atoms with Crippen molar-refractivity contribution in [3.8, 4) is 5.75 Å². The summed E-state index contributed by atoms with van der Waals surface area (Å²) in [5, 5.41) is 9.07. The van der Waals surface area contributed by atoms with Gasteiger partial charge in [0.05, 0.1) is 6.61 Å². The molecular formula is C22H25F3N4O. The summed E-state index contributed by atoms with van der Waals surface area (Å²) < 4.78 is 43.6. The van der Waals surface area contributed by atoms with Gasteiger partial charge in [0, 0.05) is 47.2 Å². The van der Waals surface area contributed by atoms with Gasteiger partial charge in [-0.2, -0.15) is 13.2 Å². The van der Waals surface area contributed by atoms with E-state index in [1.54, 1.807) is 19.1 Å². The number of hydrogen-bond acceptors (Lipinski definition) is 5. The third kappa shape index (κ3) is 5.05. The van der Waals surface area contributed by atoms with E-state index in [1.165, 1.54) is 5.57 Å². The monoisotopic (exact) mass is 418 g/mol. The van der Waals surface area contributed by atoms with Gasteiger partial charge in [0.2, 0.25) is 0 Å². The number of aryl methyl sites for hydroxylation is 1. The van der Waals surface area contributed by atoms with Crippen molar-refractivity contribution in [2.75, 3.05) is 36.9 Å². The van der Waals surface area contributed by atoms with Gasteiger partial charge < -0.3 is 20.7 Å². The number of nitrogens with one attached hydrogen (secondary N) is 3. The molecule has 0 saturated heterocycles. The quantitative estimate of drug-likeness (QED) is 0.651. The minimum Gasteiger partial charge on any atom is -0.492 e. The summed E-state index contributed by atoms with van der Waals surface area (Å²) in [7, 11) is 0. The van der Waals surface area contributed by atoms with E-state index in [1.807, 2.05) is 12.1 Å². The molecule has 160 valence electrons. The van der Waals surface area contributed by atoms with Crippen LogP contribution in [0.2, 0.25) is 0 Å². The summed E-state index contributed by atoms with van der Waals surface area (Å²) in [5.74, 6) is 1.44. The molecule has 0 radical (unpaired) electrons. The minimum atomic E-state index is -4.28. The highest BCUT2D eigenvalue weighted by Crippen LogP contribution is 2.39. The highest BCUT2D eigenvalue weighted by Gasteiger charge is 2.26. The molecule has 0 atom stereocenters. The predicted molar refractivity (Wildman–Crippen MR) is 113 cm³/mol. The molecule has 0 amide bonds. The number of allylic oxidation sites excluding steroid dienone is 1. The Morgan fingerprint density at radius 3 is 2.83 bits per heavy atom. The Morgan fingerprint density at radius 1 is 1.13 bits per heavy atom. The number of ether oxygens (including phenoxy) is 1. The molecule has 0 unspecified atom stereocenters. The summed E-state index contributed by atoms with van der Waals surface area (Å²) in [6.45, 7) is 3.15. The van der Waals surface area contributed by atoms with Gasteiger partial charge in [-0.05, 0) is 50.1 Å². The molecule has 2 aliphatic heterocycles. The van der Waals surface area contributed by atoms with E-state index < -0.39 is 12.7 Å². The third-order valence-corrected chi connectivity index (χ3v) is 5.14. The van der Waals surface area contributed by atoms with Crippen LogP contribution in [0.1, 0.15) is 29.7 Å². The van der Waals surface area contributed by atoms with Crippen molar-refractivity contribution in [3.63, 3.8) is 0 Å². The Balaban J connectivity index is 1.61. The summed E-state index contributed by atoms with van der Waals surface area (Å²) in [5.41, 5.74) is 5.34. The van der Waals surface area contributed by atoms with Crippen LogP contribution in [0.25, 0.3) is 5.57 Å². The second-order valence-corrected chi connectivity index (χ2v) is 7.62. The number of aromatic nitrogens is 1. The highest BCUT2D eigenvalue weighted by molar-refractivity contribution is 5.77. The molecule has 3 heterocycles. The Labute approximate surface area is 173 Å². The van der Waals surface area contributed by atoms with Gasteiger partial charge in [-0.3, -0.25) is 0 Å². The van der Waals surface area contributed by atoms with Crippen LogP contribution >= 0.6 is 0 Å². The van der Waals surface area contributed by atoms with Crippen molar-refractivity contribution in [1.29, 1.82) is 0 Å². The number of nitrogens with zero attached hydrogens (tertiary/aromatic N) is 1. The fourth-order valence-corrected chi connectivity index (χ4v) is 3.85. The number of hydrogen-bond donors (Lipinski definition) is 3. The van der Waals surface area contributed by atoms with E-state index in [0.29, 0.717) is 23.8 Å². The normalized spacial score (nSPS) is 16.3. The number of rotatable bonds is 5. The van der Waals surface area contributed by atoms with Crippen LogP contribution in [0.3, 0.4) is 0 Å². The Kier molecular flexibility index (Phi) is 5.85. The topological polar surface area (TPSA) is 58.2 Å². The zero-order valence-corrected chi connectivity index (χ0v) is 16.8. The zero-order chi connectivity index (χ0) is 21.1. The maximum absolute atomic E-state index is 12.6. The third-order valence-electron chi connectivity index (χ3n) is 5.14. The number of pyridine rings is 1. The molecule has 5 nitrogen and oxygen atoms in total. The van der Waals surface area contributed by atoms with Crippen molar-refractivity contribution in [2.24, 2.45) is 0 Å². The molecule has 0 saturated carbocycles. The lowest BCUT2D eigenvalue weighted by Crippen LogP contribution is -2.21. The Morgan fingerprint density at radius 2 is 2.00 bits per heavy atom. The lowest BCUT2D eigenvalue weighted by atomic mass is 9.97. The van der Waals surface area contributed by atoms with E-state index in [0.717, 1.165) is 54.9 Å². The Bertz CT molecular complexity index is 956. The lowest BCUT2D eigenvalue weighted by Gasteiger charge is -2.16. The SMILES string of the molecule is Cc1cc(NCC(F)(F)F)cc(Nc2cc3c(c(C4=CCNCCC4)c2)OCC3)n1. The van der Waals surface area contributed by atoms with E-state index in [-0.39, 0.29) is 0 Å². The molecule has 0 aliphatic carbocycles. The van der Waals surface area contributed by atoms with Gasteiger partial charge in [0.15, 0.2) is 0 Å². The standard InChI is InChI=1S/C22H25F3N4O/c1-14-9-17(27-13-22(23,24)25)12-20(28-14)29-18-10-16-5-8-30-21(16)19(11-18)15-3-2-6-26-7-4-15/h4,9-12,26H,2-3,5-8,13H2,1H3,(H2,27,28,29). The van der Waals surface area contributed by atoms with E-state index >= 15 is 0 Å². The molecule has 0 spiro atoms. The molecule has 0 bridgehead atoms. The first kappa shape index (κ1) is 20.5. The van der Waals surface area contributed by atoms with Crippen LogP contribution in [0.5, 0.6) is 5.75 Å². The molecule has 2 aromatic rings. The van der Waals surface area contributed by atoms with Gasteiger partial charge >= 0.3 is 6.18 Å². The largest absolute Gasteiger partial charge is 0.492 e. The molecule has 0 fully saturated rings. The van der Waals surface area contributed by atoms with Gasteiger partial charge in [0.25, 0.3) is 0 Å². The smallest absolute Gasteiger partial charge is 0.405 e. The van der Waals surface area contributed by atoms with Gasteiger partial charge in [-0.15, -0.1) is 0 Å². The first-order valence-corrected chi connectivity index (χ1v) is 10.1. The maximum Gasteiger partial charge on any atom is 0.405 e. The van der Waals surface area contributed by atoms with E-state index in [2.05, 4.69) is 27.0 Å². The zero-order valence-electron chi connectivity index (χ0n) is 16.8. The van der Waals surface area contributed by atoms with Crippen LogP contribution in [-0.4, -0.2) is 37.4 Å². The average molecular weight is 418 g/mol. The van der Waals surface area contributed by atoms with Crippen LogP contribution in [0, 0.1) is 6.92 Å². The van der Waals surface area contributed by atoms with Crippen LogP contribution in [0.4, 0.5) is 30.4 Å². The van der Waals surface area contributed by atoms with Gasteiger partial charge in [-0.25, -0.2) is 4.98 Å². The van der Waals surface area contributed by atoms with Crippen molar-refractivity contribution < 1.29 is 17.9 Å². The molecule has 3 N–H and O–H groups in total. The molecule has 1 aromatic carbocycles. The maximum atomic E-state index is 12.6. The predicted octanol–water partition coefficient (Wildman–Crippen LogP) is 4.81. The van der Waals surface area contributed by atoms with E-state index in [4.69, 9.17) is 4.74 Å². The van der Waals surface area contributed by atoms with Crippen molar-refractivity contribution in [3.05, 3.63) is 47.2 Å². The lowest BCUT2D eigenvalue weighted by molar-refractivity contribution is -0.115. The fourth-order valence-electron chi connectivity index (χ4n) is 3.85. The first-order valence-electron chi connectivity index (χ1n) is 10.1. The van der Waals surface area contributed by atoms with Crippen LogP contribution < -0.4 is 20.7 Å². The summed E-state index contributed by atoms with van der Waals surface area (Å²) in [6.07, 6.45) is 0.800. The molecule has 1 aromatic heterocycles. The second kappa shape index (κ2) is 8.55. The summed E-state index contributed by atoms with van der Waals surface area (Å²) in [4.78, 5) is 4.44. The number of halogens is 3. The average Bonchev–Trinajstić information content (AvgIpc) is 2.98. The summed E-state index contributed by atoms with van der Waals surface area (Å²) in [6, 6.07) is 7.28. The van der Waals surface area contributed by atoms with Crippen LogP contribution in [0.15, 0.2) is 30.3 Å². The van der Waals surface area contributed by atoms with Crippen LogP contribution in [-0.2, 0) is 6.42 Å². The fraction of sp³-hybridized carbons (Fsp3) is 0.409. The van der Waals surface area contributed by atoms with Crippen molar-refractivity contribution >= 4 is 22.8 Å². The molecule has 8 heteroatoms. The molecule has 2 aliphatic rings. The molecular weight excluding hydrogens is 393 g/mol. The number of alkyl halides is 3. The highest BCUT2D eigenvalue weighted by atomic mass is 19.4. The van der Waals surface area contributed by atoms with Crippen molar-refractivity contribution in [1.82, 2.24) is 10.3 Å². The molecule has 4 rings (SSSR count). The van der Waals surface area contributed by atoms with Crippen molar-refractivity contribution in [2.45, 2.75) is 32.4 Å². The number of anilines is 3. The second-order valence-electron chi connectivity index (χ2n) is 7.62. The first-order chi connectivity index (χ1) is 14.4. The molecule has 30 heavy (non-hydrogen) atoms.